The summed E-state index contributed by atoms with van der Waals surface area (Å²) in [5, 5.41) is 15.6. The van der Waals surface area contributed by atoms with Gasteiger partial charge in [0.05, 0.1) is 35.9 Å². The van der Waals surface area contributed by atoms with E-state index in [-0.39, 0.29) is 18.8 Å². The van der Waals surface area contributed by atoms with Gasteiger partial charge in [-0.15, -0.1) is 0 Å². The van der Waals surface area contributed by atoms with Crippen molar-refractivity contribution >= 4 is 11.6 Å². The highest BCUT2D eigenvalue weighted by atomic mass is 35.5. The molecule has 1 aliphatic heterocycles. The number of hydrogen-bond donors (Lipinski definition) is 1. The maximum absolute atomic E-state index is 9.91. The van der Waals surface area contributed by atoms with Crippen LogP contribution in [0.15, 0.2) is 48.5 Å². The molecular weight excluding hydrogens is 412 g/mol. The first kappa shape index (κ1) is 19.5. The summed E-state index contributed by atoms with van der Waals surface area (Å²) in [4.78, 5) is 0. The zero-order valence-corrected chi connectivity index (χ0v) is 18.0. The van der Waals surface area contributed by atoms with Crippen molar-refractivity contribution in [3.63, 3.8) is 0 Å². The van der Waals surface area contributed by atoms with Gasteiger partial charge in [0.2, 0.25) is 0 Å². The second-order valence-corrected chi connectivity index (χ2v) is 9.28. The van der Waals surface area contributed by atoms with Crippen LogP contribution in [0.1, 0.15) is 42.5 Å². The molecule has 2 fully saturated rings. The van der Waals surface area contributed by atoms with E-state index in [2.05, 4.69) is 0 Å². The van der Waals surface area contributed by atoms with Crippen molar-refractivity contribution in [3.8, 4) is 16.9 Å². The van der Waals surface area contributed by atoms with Crippen LogP contribution in [0.3, 0.4) is 0 Å². The van der Waals surface area contributed by atoms with E-state index < -0.39 is 5.79 Å². The first-order chi connectivity index (χ1) is 15.2. The van der Waals surface area contributed by atoms with Gasteiger partial charge in [0.15, 0.2) is 5.79 Å². The van der Waals surface area contributed by atoms with E-state index in [0.717, 1.165) is 46.6 Å². The van der Waals surface area contributed by atoms with Crippen LogP contribution in [-0.2, 0) is 28.9 Å². The van der Waals surface area contributed by atoms with Crippen LogP contribution >= 0.6 is 11.6 Å². The quantitative estimate of drug-likeness (QED) is 0.638. The predicted molar refractivity (Wildman–Crippen MR) is 118 cm³/mol. The summed E-state index contributed by atoms with van der Waals surface area (Å²) >= 11 is 6.17. The van der Waals surface area contributed by atoms with E-state index >= 15 is 0 Å². The van der Waals surface area contributed by atoms with Crippen molar-refractivity contribution in [2.45, 2.75) is 63.1 Å². The predicted octanol–water partition coefficient (Wildman–Crippen LogP) is 4.84. The van der Waals surface area contributed by atoms with E-state index in [1.807, 2.05) is 53.2 Å². The number of benzene rings is 2. The maximum atomic E-state index is 9.91. The molecule has 160 valence electrons. The molecule has 1 aromatic heterocycles. The van der Waals surface area contributed by atoms with Crippen molar-refractivity contribution in [2.75, 3.05) is 0 Å². The zero-order chi connectivity index (χ0) is 21.0. The average Bonchev–Trinajstić information content (AvgIpc) is 3.43. The van der Waals surface area contributed by atoms with Crippen LogP contribution in [0.25, 0.3) is 16.9 Å². The van der Waals surface area contributed by atoms with Gasteiger partial charge in [-0.3, -0.25) is 0 Å². The Bertz CT molecular complexity index is 1110. The fraction of sp³-hybridized carbons (Fsp3) is 0.400. The maximum Gasteiger partial charge on any atom is 0.178 e. The molecule has 2 heterocycles. The van der Waals surface area contributed by atoms with Gasteiger partial charge in [0.25, 0.3) is 0 Å². The first-order valence-electron chi connectivity index (χ1n) is 11.1. The van der Waals surface area contributed by atoms with E-state index in [9.17, 15) is 5.11 Å². The number of nitrogens with zero attached hydrogens (tertiary/aromatic N) is 2. The molecule has 5 nitrogen and oxygen atoms in total. The lowest BCUT2D eigenvalue weighted by atomic mass is 9.95. The number of hydrogen-bond acceptors (Lipinski definition) is 4. The Morgan fingerprint density at radius 2 is 1.71 bits per heavy atom. The molecule has 1 N–H and O–H groups in total. The van der Waals surface area contributed by atoms with Crippen molar-refractivity contribution in [3.05, 3.63) is 70.4 Å². The van der Waals surface area contributed by atoms with Gasteiger partial charge in [0, 0.05) is 34.6 Å². The summed E-state index contributed by atoms with van der Waals surface area (Å²) in [6.07, 6.45) is 6.35. The van der Waals surface area contributed by atoms with E-state index in [0.29, 0.717) is 17.9 Å². The Balaban J connectivity index is 1.46. The number of rotatable bonds is 3. The standard InChI is InChI=1S/C25H25ClN2O3/c26-18-11-9-16(10-12-18)24-19-13-25(30-22-7-3-4-8-23(22)31-25)14-20(19)27-28(24)21-6-2-1-5-17(21)15-29/h1-2,5-6,9-12,22-23,29H,3-4,7-8,13-15H2/t22-,23+,25?. The summed E-state index contributed by atoms with van der Waals surface area (Å²) in [5.41, 5.74) is 5.96. The Hall–Kier alpha value is -2.18. The Kier molecular flexibility index (Phi) is 4.69. The minimum absolute atomic E-state index is 0.0414. The minimum Gasteiger partial charge on any atom is -0.392 e. The zero-order valence-electron chi connectivity index (χ0n) is 17.3. The summed E-state index contributed by atoms with van der Waals surface area (Å²) in [6.45, 7) is -0.0414. The minimum atomic E-state index is -0.589. The normalized spacial score (nSPS) is 26.9. The number of fused-ring (bicyclic) bond motifs is 2. The summed E-state index contributed by atoms with van der Waals surface area (Å²) in [5.74, 6) is -0.589. The van der Waals surface area contributed by atoms with Gasteiger partial charge in [-0.1, -0.05) is 54.8 Å². The lowest BCUT2D eigenvalue weighted by Crippen LogP contribution is -2.32. The molecule has 2 aromatic carbocycles. The summed E-state index contributed by atoms with van der Waals surface area (Å²) in [7, 11) is 0. The summed E-state index contributed by atoms with van der Waals surface area (Å²) in [6, 6.07) is 15.7. The second kappa shape index (κ2) is 7.45. The SMILES string of the molecule is OCc1ccccc1-n1nc2c(c1-c1ccc(Cl)cc1)CC1(C2)O[C@H]2CCCC[C@H]2O1. The fourth-order valence-electron chi connectivity index (χ4n) is 5.42. The van der Waals surface area contributed by atoms with Crippen molar-refractivity contribution in [1.29, 1.82) is 0 Å². The highest BCUT2D eigenvalue weighted by molar-refractivity contribution is 6.30. The van der Waals surface area contributed by atoms with Gasteiger partial charge in [-0.05, 0) is 31.0 Å². The largest absolute Gasteiger partial charge is 0.392 e. The van der Waals surface area contributed by atoms with Crippen molar-refractivity contribution in [2.24, 2.45) is 0 Å². The Labute approximate surface area is 186 Å². The lowest BCUT2D eigenvalue weighted by molar-refractivity contribution is -0.166. The van der Waals surface area contributed by atoms with Gasteiger partial charge in [-0.25, -0.2) is 4.68 Å². The molecule has 0 bridgehead atoms. The van der Waals surface area contributed by atoms with Crippen molar-refractivity contribution in [1.82, 2.24) is 9.78 Å². The average molecular weight is 437 g/mol. The molecule has 1 unspecified atom stereocenters. The smallest absolute Gasteiger partial charge is 0.178 e. The third-order valence-corrected chi connectivity index (χ3v) is 7.08. The van der Waals surface area contributed by atoms with Crippen LogP contribution in [0.5, 0.6) is 0 Å². The summed E-state index contributed by atoms with van der Waals surface area (Å²) < 4.78 is 15.0. The van der Waals surface area contributed by atoms with Crippen LogP contribution in [-0.4, -0.2) is 32.9 Å². The molecule has 6 heteroatoms. The molecule has 3 aromatic rings. The molecule has 1 spiro atoms. The lowest BCUT2D eigenvalue weighted by Gasteiger charge is -2.23. The van der Waals surface area contributed by atoms with Crippen LogP contribution < -0.4 is 0 Å². The van der Waals surface area contributed by atoms with E-state index in [1.54, 1.807) is 0 Å². The first-order valence-corrected chi connectivity index (χ1v) is 11.4. The molecule has 0 amide bonds. The van der Waals surface area contributed by atoms with Gasteiger partial charge in [0.1, 0.15) is 0 Å². The van der Waals surface area contributed by atoms with Crippen LogP contribution in [0.2, 0.25) is 5.02 Å². The number of halogens is 1. The highest BCUT2D eigenvalue weighted by Crippen LogP contribution is 2.47. The van der Waals surface area contributed by atoms with Gasteiger partial charge < -0.3 is 14.6 Å². The topological polar surface area (TPSA) is 56.5 Å². The number of para-hydroxylation sites is 1. The molecular formula is C25H25ClN2O3. The van der Waals surface area contributed by atoms with E-state index in [1.165, 1.54) is 12.8 Å². The molecule has 6 rings (SSSR count). The highest BCUT2D eigenvalue weighted by Gasteiger charge is 2.53. The second-order valence-electron chi connectivity index (χ2n) is 8.84. The molecule has 2 aliphatic carbocycles. The molecule has 31 heavy (non-hydrogen) atoms. The Morgan fingerprint density at radius 3 is 2.42 bits per heavy atom. The van der Waals surface area contributed by atoms with E-state index in [4.69, 9.17) is 26.2 Å². The van der Waals surface area contributed by atoms with Crippen LogP contribution in [0.4, 0.5) is 0 Å². The Morgan fingerprint density at radius 1 is 1.00 bits per heavy atom. The number of aliphatic hydroxyl groups is 1. The molecule has 3 atom stereocenters. The third kappa shape index (κ3) is 3.23. The fourth-order valence-corrected chi connectivity index (χ4v) is 5.54. The molecule has 3 aliphatic rings. The molecule has 0 radical (unpaired) electrons. The van der Waals surface area contributed by atoms with Gasteiger partial charge in [-0.2, -0.15) is 5.10 Å². The van der Waals surface area contributed by atoms with Crippen molar-refractivity contribution < 1.29 is 14.6 Å². The number of aliphatic hydroxyl groups excluding tert-OH is 1. The number of ether oxygens (including phenoxy) is 2. The third-order valence-electron chi connectivity index (χ3n) is 6.83. The molecule has 1 saturated carbocycles. The van der Waals surface area contributed by atoms with Gasteiger partial charge >= 0.3 is 0 Å². The van der Waals surface area contributed by atoms with Crippen LogP contribution in [0, 0.1) is 0 Å². The number of aromatic nitrogens is 2. The monoisotopic (exact) mass is 436 g/mol. The molecule has 1 saturated heterocycles.